The smallest absolute Gasteiger partial charge is 0.255 e. The van der Waals surface area contributed by atoms with Crippen molar-refractivity contribution in [1.82, 2.24) is 5.16 Å². The average molecular weight is 202 g/mol. The molecule has 0 aliphatic heterocycles. The van der Waals surface area contributed by atoms with Crippen LogP contribution in [0.4, 0.5) is 5.69 Å². The summed E-state index contributed by atoms with van der Waals surface area (Å²) in [6.07, 6.45) is 1.41. The van der Waals surface area contributed by atoms with Gasteiger partial charge in [-0.25, -0.2) is 0 Å². The zero-order valence-corrected chi connectivity index (χ0v) is 8.23. The molecule has 0 spiro atoms. The first-order valence-corrected chi connectivity index (χ1v) is 4.55. The van der Waals surface area contributed by atoms with Crippen molar-refractivity contribution >= 4 is 11.6 Å². The highest BCUT2D eigenvalue weighted by molar-refractivity contribution is 6.04. The lowest BCUT2D eigenvalue weighted by atomic mass is 10.2. The van der Waals surface area contributed by atoms with Crippen LogP contribution in [0.3, 0.4) is 0 Å². The van der Waals surface area contributed by atoms with Crippen LogP contribution < -0.4 is 5.32 Å². The number of carbonyl (C=O) groups excluding carboxylic acids is 1. The van der Waals surface area contributed by atoms with E-state index in [1.54, 1.807) is 19.1 Å². The van der Waals surface area contributed by atoms with Crippen molar-refractivity contribution in [2.45, 2.75) is 6.92 Å². The number of rotatable bonds is 2. The molecule has 4 heteroatoms. The summed E-state index contributed by atoms with van der Waals surface area (Å²) >= 11 is 0. The Hall–Kier alpha value is -2.10. The molecule has 2 aromatic rings. The predicted molar refractivity (Wildman–Crippen MR) is 55.6 cm³/mol. The predicted octanol–water partition coefficient (Wildman–Crippen LogP) is 2.24. The lowest BCUT2D eigenvalue weighted by Crippen LogP contribution is -2.11. The van der Waals surface area contributed by atoms with E-state index < -0.39 is 0 Å². The first kappa shape index (κ1) is 9.45. The monoisotopic (exact) mass is 202 g/mol. The van der Waals surface area contributed by atoms with Gasteiger partial charge in [-0.05, 0) is 19.1 Å². The number of nitrogens with zero attached hydrogens (tertiary/aromatic N) is 1. The van der Waals surface area contributed by atoms with E-state index in [0.717, 1.165) is 0 Å². The Morgan fingerprint density at radius 3 is 2.67 bits per heavy atom. The quantitative estimate of drug-likeness (QED) is 0.812. The second kappa shape index (κ2) is 3.96. The molecule has 0 atom stereocenters. The Balaban J connectivity index is 2.15. The number of nitrogens with one attached hydrogen (secondary N) is 1. The Labute approximate surface area is 86.9 Å². The van der Waals surface area contributed by atoms with Crippen LogP contribution in [0, 0.1) is 6.92 Å². The standard InChI is InChI=1S/C11H10N2O2/c1-8-10(7-15-13-8)12-11(14)9-5-3-2-4-6-9/h2-7H,1H3,(H,12,14). The normalized spacial score (nSPS) is 9.93. The van der Waals surface area contributed by atoms with E-state index in [0.29, 0.717) is 16.9 Å². The number of benzene rings is 1. The summed E-state index contributed by atoms with van der Waals surface area (Å²) in [6, 6.07) is 8.99. The molecule has 1 N–H and O–H groups in total. The molecule has 0 unspecified atom stereocenters. The summed E-state index contributed by atoms with van der Waals surface area (Å²) in [6.45, 7) is 1.77. The molecule has 0 aliphatic carbocycles. The minimum atomic E-state index is -0.165. The van der Waals surface area contributed by atoms with Gasteiger partial charge >= 0.3 is 0 Å². The zero-order chi connectivity index (χ0) is 10.7. The molecule has 0 bridgehead atoms. The number of hydrogen-bond donors (Lipinski definition) is 1. The molecule has 4 nitrogen and oxygen atoms in total. The van der Waals surface area contributed by atoms with Gasteiger partial charge in [-0.2, -0.15) is 0 Å². The summed E-state index contributed by atoms with van der Waals surface area (Å²) in [5.41, 5.74) is 1.88. The van der Waals surface area contributed by atoms with E-state index in [2.05, 4.69) is 10.5 Å². The molecule has 0 aliphatic rings. The zero-order valence-electron chi connectivity index (χ0n) is 8.23. The van der Waals surface area contributed by atoms with Gasteiger partial charge in [0.15, 0.2) is 0 Å². The summed E-state index contributed by atoms with van der Waals surface area (Å²) < 4.78 is 4.72. The first-order valence-electron chi connectivity index (χ1n) is 4.55. The molecule has 1 amide bonds. The third-order valence-corrected chi connectivity index (χ3v) is 2.03. The van der Waals surface area contributed by atoms with Crippen molar-refractivity contribution in [3.63, 3.8) is 0 Å². The first-order chi connectivity index (χ1) is 7.27. The van der Waals surface area contributed by atoms with E-state index in [-0.39, 0.29) is 5.91 Å². The van der Waals surface area contributed by atoms with E-state index in [1.165, 1.54) is 6.26 Å². The van der Waals surface area contributed by atoms with Crippen molar-refractivity contribution in [1.29, 1.82) is 0 Å². The second-order valence-corrected chi connectivity index (χ2v) is 3.13. The van der Waals surface area contributed by atoms with Crippen LogP contribution in [0.5, 0.6) is 0 Å². The maximum Gasteiger partial charge on any atom is 0.255 e. The molecule has 1 aromatic carbocycles. The Bertz CT molecular complexity index is 462. The molecule has 0 saturated heterocycles. The maximum atomic E-state index is 11.7. The summed E-state index contributed by atoms with van der Waals surface area (Å²) in [4.78, 5) is 11.7. The molecule has 15 heavy (non-hydrogen) atoms. The van der Waals surface area contributed by atoms with Gasteiger partial charge in [-0.1, -0.05) is 23.4 Å². The number of anilines is 1. The molecule has 0 radical (unpaired) electrons. The molecule has 1 heterocycles. The molecular weight excluding hydrogens is 192 g/mol. The van der Waals surface area contributed by atoms with E-state index >= 15 is 0 Å². The van der Waals surface area contributed by atoms with Gasteiger partial charge in [0.05, 0.1) is 0 Å². The molecular formula is C11H10N2O2. The lowest BCUT2D eigenvalue weighted by molar-refractivity contribution is 0.102. The highest BCUT2D eigenvalue weighted by Gasteiger charge is 2.08. The van der Waals surface area contributed by atoms with Gasteiger partial charge < -0.3 is 9.84 Å². The fraction of sp³-hybridized carbons (Fsp3) is 0.0909. The van der Waals surface area contributed by atoms with Crippen LogP contribution in [0.2, 0.25) is 0 Å². The number of aromatic nitrogens is 1. The van der Waals surface area contributed by atoms with Crippen molar-refractivity contribution < 1.29 is 9.32 Å². The Morgan fingerprint density at radius 2 is 2.07 bits per heavy atom. The largest absolute Gasteiger partial charge is 0.362 e. The SMILES string of the molecule is Cc1nocc1NC(=O)c1ccccc1. The third kappa shape index (κ3) is 2.04. The molecule has 0 saturated carbocycles. The average Bonchev–Trinajstić information content (AvgIpc) is 2.66. The van der Waals surface area contributed by atoms with Gasteiger partial charge in [-0.3, -0.25) is 4.79 Å². The lowest BCUT2D eigenvalue weighted by Gasteiger charge is -2.01. The van der Waals surface area contributed by atoms with E-state index in [9.17, 15) is 4.79 Å². The van der Waals surface area contributed by atoms with Crippen molar-refractivity contribution in [3.8, 4) is 0 Å². The number of hydrogen-bond acceptors (Lipinski definition) is 3. The van der Waals surface area contributed by atoms with Crippen molar-refractivity contribution in [3.05, 3.63) is 47.9 Å². The van der Waals surface area contributed by atoms with Gasteiger partial charge in [0.2, 0.25) is 0 Å². The highest BCUT2D eigenvalue weighted by atomic mass is 16.5. The molecule has 0 fully saturated rings. The highest BCUT2D eigenvalue weighted by Crippen LogP contribution is 2.13. The minimum Gasteiger partial charge on any atom is -0.362 e. The summed E-state index contributed by atoms with van der Waals surface area (Å²) in [7, 11) is 0. The van der Waals surface area contributed by atoms with Gasteiger partial charge in [0, 0.05) is 5.56 Å². The Morgan fingerprint density at radius 1 is 1.33 bits per heavy atom. The van der Waals surface area contributed by atoms with Gasteiger partial charge in [0.1, 0.15) is 17.6 Å². The van der Waals surface area contributed by atoms with Crippen LogP contribution in [0.1, 0.15) is 16.1 Å². The molecule has 76 valence electrons. The van der Waals surface area contributed by atoms with E-state index in [1.807, 2.05) is 18.2 Å². The fourth-order valence-electron chi connectivity index (χ4n) is 1.20. The minimum absolute atomic E-state index is 0.165. The molecule has 2 rings (SSSR count). The maximum absolute atomic E-state index is 11.7. The molecule has 1 aromatic heterocycles. The van der Waals surface area contributed by atoms with Gasteiger partial charge in [0.25, 0.3) is 5.91 Å². The van der Waals surface area contributed by atoms with E-state index in [4.69, 9.17) is 4.52 Å². The fourth-order valence-corrected chi connectivity index (χ4v) is 1.20. The summed E-state index contributed by atoms with van der Waals surface area (Å²) in [5, 5.41) is 6.38. The second-order valence-electron chi connectivity index (χ2n) is 3.13. The van der Waals surface area contributed by atoms with Crippen LogP contribution >= 0.6 is 0 Å². The van der Waals surface area contributed by atoms with Crippen LogP contribution in [-0.2, 0) is 0 Å². The topological polar surface area (TPSA) is 55.1 Å². The van der Waals surface area contributed by atoms with Gasteiger partial charge in [-0.15, -0.1) is 0 Å². The number of amides is 1. The van der Waals surface area contributed by atoms with Crippen LogP contribution in [0.15, 0.2) is 41.1 Å². The summed E-state index contributed by atoms with van der Waals surface area (Å²) in [5.74, 6) is -0.165. The number of aryl methyl sites for hydroxylation is 1. The van der Waals surface area contributed by atoms with Crippen LogP contribution in [0.25, 0.3) is 0 Å². The van der Waals surface area contributed by atoms with Crippen molar-refractivity contribution in [2.24, 2.45) is 0 Å². The number of carbonyl (C=O) groups is 1. The Kier molecular flexibility index (Phi) is 2.49. The van der Waals surface area contributed by atoms with Crippen LogP contribution in [-0.4, -0.2) is 11.1 Å². The third-order valence-electron chi connectivity index (χ3n) is 2.03. The van der Waals surface area contributed by atoms with Crippen molar-refractivity contribution in [2.75, 3.05) is 5.32 Å².